The van der Waals surface area contributed by atoms with Crippen LogP contribution in [-0.2, 0) is 6.42 Å². The van der Waals surface area contributed by atoms with Gasteiger partial charge in [-0.3, -0.25) is 4.79 Å². The highest BCUT2D eigenvalue weighted by Crippen LogP contribution is 2.28. The molecular weight excluding hydrogens is 319 g/mol. The number of para-hydroxylation sites is 1. The standard InChI is InChI=1S/C19H15FN4O/c20-14-5-7-15(8-6-14)22-19-21-11-9-16(23-19)18(25)24-12-10-13-3-1-2-4-17(13)24/h1-9,11H,10,12H2,(H,21,22,23). The zero-order valence-electron chi connectivity index (χ0n) is 13.3. The van der Waals surface area contributed by atoms with Crippen molar-refractivity contribution in [3.05, 3.63) is 77.9 Å². The summed E-state index contributed by atoms with van der Waals surface area (Å²) in [5.41, 5.74) is 3.06. The van der Waals surface area contributed by atoms with Crippen molar-refractivity contribution in [3.8, 4) is 0 Å². The number of benzene rings is 2. The molecule has 0 aliphatic carbocycles. The van der Waals surface area contributed by atoms with Crippen molar-refractivity contribution in [1.82, 2.24) is 9.97 Å². The van der Waals surface area contributed by atoms with E-state index in [0.29, 0.717) is 23.9 Å². The molecule has 0 saturated carbocycles. The summed E-state index contributed by atoms with van der Waals surface area (Å²) in [7, 11) is 0. The molecule has 2 heterocycles. The molecule has 1 aliphatic heterocycles. The average Bonchev–Trinajstić information content (AvgIpc) is 3.07. The van der Waals surface area contributed by atoms with Crippen molar-refractivity contribution in [2.75, 3.05) is 16.8 Å². The average molecular weight is 334 g/mol. The Balaban J connectivity index is 1.57. The number of hydrogen-bond donors (Lipinski definition) is 1. The van der Waals surface area contributed by atoms with E-state index in [9.17, 15) is 9.18 Å². The lowest BCUT2D eigenvalue weighted by Crippen LogP contribution is -2.29. The third-order valence-corrected chi connectivity index (χ3v) is 4.11. The topological polar surface area (TPSA) is 58.1 Å². The molecule has 6 heteroatoms. The van der Waals surface area contributed by atoms with Crippen molar-refractivity contribution in [1.29, 1.82) is 0 Å². The lowest BCUT2D eigenvalue weighted by molar-refractivity contribution is 0.0984. The SMILES string of the molecule is O=C(c1ccnc(Nc2ccc(F)cc2)n1)N1CCc2ccccc21. The fourth-order valence-corrected chi connectivity index (χ4v) is 2.89. The second-order valence-electron chi connectivity index (χ2n) is 5.73. The summed E-state index contributed by atoms with van der Waals surface area (Å²) < 4.78 is 13.0. The number of rotatable bonds is 3. The summed E-state index contributed by atoms with van der Waals surface area (Å²) in [6, 6.07) is 15.3. The largest absolute Gasteiger partial charge is 0.324 e. The predicted octanol–water partition coefficient (Wildman–Crippen LogP) is 3.56. The maximum Gasteiger partial charge on any atom is 0.277 e. The molecule has 0 spiro atoms. The van der Waals surface area contributed by atoms with Crippen LogP contribution in [0.1, 0.15) is 16.1 Å². The Kier molecular flexibility index (Phi) is 3.85. The van der Waals surface area contributed by atoms with Gasteiger partial charge in [-0.1, -0.05) is 18.2 Å². The van der Waals surface area contributed by atoms with Gasteiger partial charge >= 0.3 is 0 Å². The number of anilines is 3. The van der Waals surface area contributed by atoms with Crippen molar-refractivity contribution in [3.63, 3.8) is 0 Å². The molecule has 3 aromatic rings. The van der Waals surface area contributed by atoms with Crippen LogP contribution in [0, 0.1) is 5.82 Å². The number of amides is 1. The molecule has 4 rings (SSSR count). The number of nitrogens with zero attached hydrogens (tertiary/aromatic N) is 3. The number of hydrogen-bond acceptors (Lipinski definition) is 4. The molecule has 0 fully saturated rings. The number of carbonyl (C=O) groups is 1. The predicted molar refractivity (Wildman–Crippen MR) is 93.5 cm³/mol. The van der Waals surface area contributed by atoms with E-state index in [0.717, 1.165) is 17.7 Å². The van der Waals surface area contributed by atoms with Crippen LogP contribution in [0.25, 0.3) is 0 Å². The summed E-state index contributed by atoms with van der Waals surface area (Å²) in [5.74, 6) is -0.178. The molecule has 1 aromatic heterocycles. The van der Waals surface area contributed by atoms with E-state index in [1.165, 1.54) is 18.3 Å². The second kappa shape index (κ2) is 6.32. The molecule has 0 radical (unpaired) electrons. The van der Waals surface area contributed by atoms with Gasteiger partial charge in [0, 0.05) is 24.1 Å². The minimum atomic E-state index is -0.317. The van der Waals surface area contributed by atoms with Gasteiger partial charge in [-0.2, -0.15) is 0 Å². The van der Waals surface area contributed by atoms with Gasteiger partial charge in [-0.25, -0.2) is 14.4 Å². The molecule has 1 amide bonds. The van der Waals surface area contributed by atoms with Crippen LogP contribution in [0.2, 0.25) is 0 Å². The number of nitrogens with one attached hydrogen (secondary N) is 1. The fourth-order valence-electron chi connectivity index (χ4n) is 2.89. The summed E-state index contributed by atoms with van der Waals surface area (Å²) >= 11 is 0. The summed E-state index contributed by atoms with van der Waals surface area (Å²) in [4.78, 5) is 23.0. The second-order valence-corrected chi connectivity index (χ2v) is 5.73. The van der Waals surface area contributed by atoms with E-state index >= 15 is 0 Å². The first kappa shape index (κ1) is 15.3. The van der Waals surface area contributed by atoms with Crippen LogP contribution in [0.4, 0.5) is 21.7 Å². The van der Waals surface area contributed by atoms with E-state index in [1.54, 1.807) is 23.1 Å². The molecule has 2 aromatic carbocycles. The van der Waals surface area contributed by atoms with Crippen molar-refractivity contribution < 1.29 is 9.18 Å². The Labute approximate surface area is 144 Å². The quantitative estimate of drug-likeness (QED) is 0.796. The van der Waals surface area contributed by atoms with Gasteiger partial charge < -0.3 is 10.2 Å². The summed E-state index contributed by atoms with van der Waals surface area (Å²) in [6.07, 6.45) is 2.38. The van der Waals surface area contributed by atoms with Crippen LogP contribution in [0.15, 0.2) is 60.8 Å². The van der Waals surface area contributed by atoms with Gasteiger partial charge in [0.05, 0.1) is 0 Å². The molecule has 1 N–H and O–H groups in total. The Morgan fingerprint density at radius 2 is 1.88 bits per heavy atom. The van der Waals surface area contributed by atoms with E-state index in [1.807, 2.05) is 24.3 Å². The lowest BCUT2D eigenvalue weighted by Gasteiger charge is -2.17. The van der Waals surface area contributed by atoms with Crippen LogP contribution >= 0.6 is 0 Å². The first-order valence-electron chi connectivity index (χ1n) is 7.96. The number of halogens is 1. The van der Waals surface area contributed by atoms with Gasteiger partial charge in [0.1, 0.15) is 11.5 Å². The molecule has 0 atom stereocenters. The van der Waals surface area contributed by atoms with E-state index in [-0.39, 0.29) is 11.7 Å². The number of fused-ring (bicyclic) bond motifs is 1. The zero-order chi connectivity index (χ0) is 17.2. The van der Waals surface area contributed by atoms with Crippen molar-refractivity contribution in [2.45, 2.75) is 6.42 Å². The molecule has 124 valence electrons. The van der Waals surface area contributed by atoms with E-state index in [4.69, 9.17) is 0 Å². The van der Waals surface area contributed by atoms with Gasteiger partial charge in [0.25, 0.3) is 5.91 Å². The highest BCUT2D eigenvalue weighted by atomic mass is 19.1. The molecule has 0 saturated heterocycles. The van der Waals surface area contributed by atoms with Crippen LogP contribution < -0.4 is 10.2 Å². The third kappa shape index (κ3) is 3.06. The van der Waals surface area contributed by atoms with Gasteiger partial charge in [-0.05, 0) is 48.4 Å². The minimum Gasteiger partial charge on any atom is -0.324 e. The Bertz CT molecular complexity index is 927. The van der Waals surface area contributed by atoms with Crippen molar-refractivity contribution in [2.24, 2.45) is 0 Å². The van der Waals surface area contributed by atoms with E-state index in [2.05, 4.69) is 15.3 Å². The molecule has 0 unspecified atom stereocenters. The molecule has 5 nitrogen and oxygen atoms in total. The first-order valence-corrected chi connectivity index (χ1v) is 7.96. The number of aromatic nitrogens is 2. The Hall–Kier alpha value is -3.28. The highest BCUT2D eigenvalue weighted by Gasteiger charge is 2.26. The van der Waals surface area contributed by atoms with Crippen LogP contribution in [0.3, 0.4) is 0 Å². The molecule has 1 aliphatic rings. The molecule has 0 bridgehead atoms. The minimum absolute atomic E-state index is 0.158. The molecular formula is C19H15FN4O. The van der Waals surface area contributed by atoms with Crippen LogP contribution in [0.5, 0.6) is 0 Å². The smallest absolute Gasteiger partial charge is 0.277 e. The third-order valence-electron chi connectivity index (χ3n) is 4.11. The lowest BCUT2D eigenvalue weighted by atomic mass is 10.2. The van der Waals surface area contributed by atoms with Crippen molar-refractivity contribution >= 4 is 23.2 Å². The number of carbonyl (C=O) groups excluding carboxylic acids is 1. The Morgan fingerprint density at radius 1 is 1.08 bits per heavy atom. The van der Waals surface area contributed by atoms with Gasteiger partial charge in [0.15, 0.2) is 0 Å². The fraction of sp³-hybridized carbons (Fsp3) is 0.105. The normalized spacial score (nSPS) is 12.8. The van der Waals surface area contributed by atoms with Crippen LogP contribution in [-0.4, -0.2) is 22.4 Å². The maximum absolute atomic E-state index is 13.0. The van der Waals surface area contributed by atoms with E-state index < -0.39 is 0 Å². The highest BCUT2D eigenvalue weighted by molar-refractivity contribution is 6.06. The van der Waals surface area contributed by atoms with Gasteiger partial charge in [0.2, 0.25) is 5.95 Å². The first-order chi connectivity index (χ1) is 12.2. The van der Waals surface area contributed by atoms with Gasteiger partial charge in [-0.15, -0.1) is 0 Å². The Morgan fingerprint density at radius 3 is 2.72 bits per heavy atom. The maximum atomic E-state index is 13.0. The zero-order valence-corrected chi connectivity index (χ0v) is 13.3. The summed E-state index contributed by atoms with van der Waals surface area (Å²) in [6.45, 7) is 0.642. The summed E-state index contributed by atoms with van der Waals surface area (Å²) in [5, 5.41) is 2.98. The monoisotopic (exact) mass is 334 g/mol. The molecule has 25 heavy (non-hydrogen) atoms.